The second-order valence-corrected chi connectivity index (χ2v) is 9.08. The quantitative estimate of drug-likeness (QED) is 0.730. The van der Waals surface area contributed by atoms with Crippen molar-refractivity contribution in [2.45, 2.75) is 39.0 Å². The van der Waals surface area contributed by atoms with E-state index in [4.69, 9.17) is 0 Å². The summed E-state index contributed by atoms with van der Waals surface area (Å²) in [7, 11) is 0. The fourth-order valence-electron chi connectivity index (χ4n) is 4.99. The number of urea groups is 1. The van der Waals surface area contributed by atoms with E-state index >= 15 is 0 Å². The van der Waals surface area contributed by atoms with E-state index in [0.717, 1.165) is 56.3 Å². The standard InChI is InChI=1S/C24H34N4O3/c1-19-6-4-7-21(18-19)23(30)26-13-5-12-25(16-17-26)22(29)20-8-14-28(15-9-20)24(31)27-10-2-3-11-27/h4,6-7,18,20H,2-3,5,8-17H2,1H3. The minimum Gasteiger partial charge on any atom is -0.341 e. The van der Waals surface area contributed by atoms with E-state index in [1.54, 1.807) is 0 Å². The van der Waals surface area contributed by atoms with Crippen LogP contribution in [0.15, 0.2) is 24.3 Å². The van der Waals surface area contributed by atoms with Crippen molar-refractivity contribution in [3.63, 3.8) is 0 Å². The smallest absolute Gasteiger partial charge is 0.319 e. The third-order valence-corrected chi connectivity index (χ3v) is 6.85. The molecule has 7 nitrogen and oxygen atoms in total. The number of carbonyl (C=O) groups excluding carboxylic acids is 3. The van der Waals surface area contributed by atoms with Crippen LogP contribution in [0.25, 0.3) is 0 Å². The molecule has 3 saturated heterocycles. The van der Waals surface area contributed by atoms with Crippen molar-refractivity contribution in [3.05, 3.63) is 35.4 Å². The van der Waals surface area contributed by atoms with Crippen LogP contribution < -0.4 is 0 Å². The first-order valence-corrected chi connectivity index (χ1v) is 11.7. The van der Waals surface area contributed by atoms with Gasteiger partial charge in [0.2, 0.25) is 5.91 Å². The second kappa shape index (κ2) is 9.71. The van der Waals surface area contributed by atoms with Crippen molar-refractivity contribution in [1.29, 1.82) is 0 Å². The van der Waals surface area contributed by atoms with Gasteiger partial charge in [0, 0.05) is 63.8 Å². The molecule has 168 valence electrons. The minimum absolute atomic E-state index is 0.0124. The van der Waals surface area contributed by atoms with Gasteiger partial charge >= 0.3 is 6.03 Å². The van der Waals surface area contributed by atoms with Gasteiger partial charge in [0.1, 0.15) is 0 Å². The maximum atomic E-state index is 13.1. The van der Waals surface area contributed by atoms with Gasteiger partial charge in [-0.2, -0.15) is 0 Å². The second-order valence-electron chi connectivity index (χ2n) is 9.08. The summed E-state index contributed by atoms with van der Waals surface area (Å²) in [5.74, 6) is 0.228. The minimum atomic E-state index is -0.0124. The Kier molecular flexibility index (Phi) is 6.78. The van der Waals surface area contributed by atoms with Gasteiger partial charge in [-0.25, -0.2) is 4.79 Å². The van der Waals surface area contributed by atoms with Gasteiger partial charge in [-0.1, -0.05) is 17.7 Å². The van der Waals surface area contributed by atoms with E-state index in [-0.39, 0.29) is 23.8 Å². The largest absolute Gasteiger partial charge is 0.341 e. The van der Waals surface area contributed by atoms with Gasteiger partial charge in [-0.15, -0.1) is 0 Å². The summed E-state index contributed by atoms with van der Waals surface area (Å²) in [6.07, 6.45) is 4.47. The third-order valence-electron chi connectivity index (χ3n) is 6.85. The highest BCUT2D eigenvalue weighted by atomic mass is 16.2. The number of amides is 4. The molecule has 0 radical (unpaired) electrons. The van der Waals surface area contributed by atoms with Gasteiger partial charge in [-0.3, -0.25) is 9.59 Å². The van der Waals surface area contributed by atoms with E-state index in [2.05, 4.69) is 0 Å². The first-order valence-electron chi connectivity index (χ1n) is 11.7. The van der Waals surface area contributed by atoms with Crippen molar-refractivity contribution in [2.24, 2.45) is 5.92 Å². The van der Waals surface area contributed by atoms with E-state index in [1.165, 1.54) is 0 Å². The van der Waals surface area contributed by atoms with Gasteiger partial charge in [0.05, 0.1) is 0 Å². The van der Waals surface area contributed by atoms with Gasteiger partial charge < -0.3 is 19.6 Å². The first kappa shape index (κ1) is 21.7. The topological polar surface area (TPSA) is 64.2 Å². The lowest BCUT2D eigenvalue weighted by Gasteiger charge is -2.35. The van der Waals surface area contributed by atoms with Crippen molar-refractivity contribution < 1.29 is 14.4 Å². The maximum absolute atomic E-state index is 13.1. The zero-order valence-electron chi connectivity index (χ0n) is 18.6. The Morgan fingerprint density at radius 1 is 0.742 bits per heavy atom. The number of hydrogen-bond acceptors (Lipinski definition) is 3. The molecule has 3 aliphatic heterocycles. The molecule has 3 fully saturated rings. The molecular weight excluding hydrogens is 392 g/mol. The molecule has 3 heterocycles. The molecule has 4 rings (SSSR count). The molecule has 0 bridgehead atoms. The molecule has 0 atom stereocenters. The van der Waals surface area contributed by atoms with Crippen LogP contribution in [-0.4, -0.2) is 89.8 Å². The normalized spacial score (nSPS) is 20.7. The van der Waals surface area contributed by atoms with Crippen LogP contribution >= 0.6 is 0 Å². The Hall–Kier alpha value is -2.57. The summed E-state index contributed by atoms with van der Waals surface area (Å²) in [4.78, 5) is 46.3. The lowest BCUT2D eigenvalue weighted by molar-refractivity contribution is -0.136. The summed E-state index contributed by atoms with van der Waals surface area (Å²) >= 11 is 0. The third kappa shape index (κ3) is 5.02. The Morgan fingerprint density at radius 2 is 1.35 bits per heavy atom. The Morgan fingerprint density at radius 3 is 2.06 bits per heavy atom. The number of hydrogen-bond donors (Lipinski definition) is 0. The average molecular weight is 427 g/mol. The summed E-state index contributed by atoms with van der Waals surface area (Å²) in [6.45, 7) is 7.59. The van der Waals surface area contributed by atoms with E-state index in [1.807, 2.05) is 50.8 Å². The van der Waals surface area contributed by atoms with Gasteiger partial charge in [-0.05, 0) is 51.2 Å². The van der Waals surface area contributed by atoms with E-state index in [0.29, 0.717) is 39.3 Å². The Labute approximate surface area is 185 Å². The number of benzene rings is 1. The summed E-state index contributed by atoms with van der Waals surface area (Å²) in [5.41, 5.74) is 1.79. The predicted octanol–water partition coefficient (Wildman–Crippen LogP) is 2.60. The maximum Gasteiger partial charge on any atom is 0.319 e. The SMILES string of the molecule is Cc1cccc(C(=O)N2CCCN(C(=O)C3CCN(C(=O)N4CCCC4)CC3)CC2)c1. The molecule has 0 spiro atoms. The van der Waals surface area contributed by atoms with Crippen LogP contribution in [0, 0.1) is 12.8 Å². The van der Waals surface area contributed by atoms with Crippen LogP contribution in [0.4, 0.5) is 4.79 Å². The van der Waals surface area contributed by atoms with Crippen LogP contribution in [-0.2, 0) is 4.79 Å². The van der Waals surface area contributed by atoms with Crippen LogP contribution in [0.1, 0.15) is 48.0 Å². The molecule has 3 aliphatic rings. The monoisotopic (exact) mass is 426 g/mol. The van der Waals surface area contributed by atoms with Crippen LogP contribution in [0.3, 0.4) is 0 Å². The molecule has 1 aromatic rings. The lowest BCUT2D eigenvalue weighted by Crippen LogP contribution is -2.48. The summed E-state index contributed by atoms with van der Waals surface area (Å²) in [6, 6.07) is 7.83. The zero-order valence-corrected chi connectivity index (χ0v) is 18.6. The van der Waals surface area contributed by atoms with E-state index in [9.17, 15) is 14.4 Å². The molecule has 31 heavy (non-hydrogen) atoms. The van der Waals surface area contributed by atoms with Crippen molar-refractivity contribution in [1.82, 2.24) is 19.6 Å². The first-order chi connectivity index (χ1) is 15.0. The molecule has 0 aliphatic carbocycles. The number of rotatable bonds is 2. The highest BCUT2D eigenvalue weighted by Gasteiger charge is 2.33. The van der Waals surface area contributed by atoms with Gasteiger partial charge in [0.15, 0.2) is 0 Å². The molecule has 0 N–H and O–H groups in total. The molecular formula is C24H34N4O3. The van der Waals surface area contributed by atoms with E-state index < -0.39 is 0 Å². The van der Waals surface area contributed by atoms with Crippen LogP contribution in [0.5, 0.6) is 0 Å². The number of nitrogens with zero attached hydrogens (tertiary/aromatic N) is 4. The number of aryl methyl sites for hydroxylation is 1. The fraction of sp³-hybridized carbons (Fsp3) is 0.625. The van der Waals surface area contributed by atoms with Gasteiger partial charge in [0.25, 0.3) is 5.91 Å². The molecule has 0 unspecified atom stereocenters. The van der Waals surface area contributed by atoms with Crippen molar-refractivity contribution in [2.75, 3.05) is 52.4 Å². The zero-order chi connectivity index (χ0) is 21.8. The lowest BCUT2D eigenvalue weighted by atomic mass is 9.95. The highest BCUT2D eigenvalue weighted by Crippen LogP contribution is 2.23. The van der Waals surface area contributed by atoms with Crippen LogP contribution in [0.2, 0.25) is 0 Å². The summed E-state index contributed by atoms with van der Waals surface area (Å²) < 4.78 is 0. The average Bonchev–Trinajstić information content (AvgIpc) is 3.22. The van der Waals surface area contributed by atoms with Crippen molar-refractivity contribution >= 4 is 17.8 Å². The predicted molar refractivity (Wildman–Crippen MR) is 119 cm³/mol. The summed E-state index contributed by atoms with van der Waals surface area (Å²) in [5, 5.41) is 0. The molecule has 4 amide bonds. The highest BCUT2D eigenvalue weighted by molar-refractivity contribution is 5.94. The van der Waals surface area contributed by atoms with Crippen molar-refractivity contribution in [3.8, 4) is 0 Å². The number of carbonyl (C=O) groups is 3. The Balaban J connectivity index is 1.28. The fourth-order valence-corrected chi connectivity index (χ4v) is 4.99. The number of likely N-dealkylation sites (tertiary alicyclic amines) is 2. The molecule has 0 saturated carbocycles. The molecule has 0 aromatic heterocycles. The number of piperidine rings is 1. The molecule has 1 aromatic carbocycles. The molecule has 7 heteroatoms. The Bertz CT molecular complexity index is 813.